The fraction of sp³-hybridized carbons (Fsp3) is 0.394. The standard InChI is InChI=1S/C33H34F2N6O4/c1-36-24-12-23(34)28(35)26-19(24)11-25-27(26)29(41-7-5-33(17-41)4-3-6-40(16-33)8-9-42)21(14-37-25)18-10-20-30(43)22(32(44)45)15-39(2)31(20)38-13-18/h10,12-15,36,42H,3-9,11,16-17H2,1-2H3,(H,44,45). The molecule has 3 N–H and O–H groups in total. The predicted octanol–water partition coefficient (Wildman–Crippen LogP) is 3.87. The van der Waals surface area contributed by atoms with Gasteiger partial charge in [0.15, 0.2) is 11.6 Å². The van der Waals surface area contributed by atoms with Gasteiger partial charge < -0.3 is 29.9 Å². The Labute approximate surface area is 257 Å². The van der Waals surface area contributed by atoms with Gasteiger partial charge in [-0.05, 0) is 37.4 Å². The Kier molecular flexibility index (Phi) is 7.08. The molecule has 3 aromatic heterocycles. The van der Waals surface area contributed by atoms with Crippen molar-refractivity contribution in [2.75, 3.05) is 56.6 Å². The van der Waals surface area contributed by atoms with Crippen LogP contribution in [0.1, 0.15) is 40.9 Å². The molecule has 1 unspecified atom stereocenters. The Balaban J connectivity index is 1.45. The van der Waals surface area contributed by atoms with Crippen LogP contribution in [0, 0.1) is 17.0 Å². The fourth-order valence-corrected chi connectivity index (χ4v) is 7.74. The Morgan fingerprint density at radius 1 is 1.11 bits per heavy atom. The van der Waals surface area contributed by atoms with Crippen LogP contribution in [0.3, 0.4) is 0 Å². The second-order valence-corrected chi connectivity index (χ2v) is 12.5. The molecule has 4 aromatic rings. The molecule has 1 atom stereocenters. The number of aromatic nitrogens is 3. The maximum atomic E-state index is 15.8. The molecule has 1 aliphatic carbocycles. The lowest BCUT2D eigenvalue weighted by Crippen LogP contribution is -2.45. The number of halogens is 2. The quantitative estimate of drug-likeness (QED) is 0.261. The molecule has 0 amide bonds. The molecule has 7 rings (SSSR count). The second kappa shape index (κ2) is 10.9. The third-order valence-corrected chi connectivity index (χ3v) is 9.79. The van der Waals surface area contributed by atoms with Gasteiger partial charge in [0.25, 0.3) is 0 Å². The highest BCUT2D eigenvalue weighted by Gasteiger charge is 2.43. The third kappa shape index (κ3) is 4.66. The summed E-state index contributed by atoms with van der Waals surface area (Å²) in [6.07, 6.45) is 7.81. The van der Waals surface area contributed by atoms with Gasteiger partial charge in [-0.1, -0.05) is 0 Å². The van der Waals surface area contributed by atoms with Crippen molar-refractivity contribution in [1.29, 1.82) is 0 Å². The van der Waals surface area contributed by atoms with E-state index in [0.717, 1.165) is 32.4 Å². The SMILES string of the molecule is CNc1cc(F)c(F)c2c1Cc1ncc(-c3cnc4c(c3)c(=O)c(C(=O)O)cn4C)c(N3CCC4(CCCN(CCO)C4)C3)c1-2. The maximum Gasteiger partial charge on any atom is 0.341 e. The predicted molar refractivity (Wildman–Crippen MR) is 167 cm³/mol. The Hall–Kier alpha value is -4.42. The van der Waals surface area contributed by atoms with Gasteiger partial charge in [-0.2, -0.15) is 0 Å². The van der Waals surface area contributed by atoms with Gasteiger partial charge in [0, 0.05) is 105 Å². The number of likely N-dealkylation sites (tertiary alicyclic amines) is 1. The molecule has 0 bridgehead atoms. The molecule has 10 nitrogen and oxygen atoms in total. The number of aromatic carboxylic acids is 1. The molecular formula is C33H34F2N6O4. The topological polar surface area (TPSA) is 124 Å². The summed E-state index contributed by atoms with van der Waals surface area (Å²) in [5.41, 5.74) is 3.59. The van der Waals surface area contributed by atoms with Crippen molar-refractivity contribution < 1.29 is 23.8 Å². The highest BCUT2D eigenvalue weighted by atomic mass is 19.2. The highest BCUT2D eigenvalue weighted by molar-refractivity contribution is 5.98. The van der Waals surface area contributed by atoms with E-state index in [2.05, 4.69) is 20.1 Å². The molecule has 2 aliphatic heterocycles. The van der Waals surface area contributed by atoms with Gasteiger partial charge in [-0.15, -0.1) is 0 Å². The number of aryl methyl sites for hydroxylation is 1. The van der Waals surface area contributed by atoms with E-state index in [-0.39, 0.29) is 28.5 Å². The molecule has 12 heteroatoms. The van der Waals surface area contributed by atoms with Crippen LogP contribution in [0.2, 0.25) is 0 Å². The van der Waals surface area contributed by atoms with E-state index in [1.54, 1.807) is 32.6 Å². The van der Waals surface area contributed by atoms with Gasteiger partial charge in [-0.3, -0.25) is 9.78 Å². The molecule has 234 valence electrons. The number of rotatable bonds is 6. The van der Waals surface area contributed by atoms with Crippen molar-refractivity contribution in [2.24, 2.45) is 12.5 Å². The van der Waals surface area contributed by atoms with Crippen molar-refractivity contribution in [3.63, 3.8) is 0 Å². The number of anilines is 2. The summed E-state index contributed by atoms with van der Waals surface area (Å²) in [6, 6.07) is 2.79. The number of aliphatic hydroxyl groups is 1. The molecule has 0 radical (unpaired) electrons. The van der Waals surface area contributed by atoms with Crippen molar-refractivity contribution in [1.82, 2.24) is 19.4 Å². The van der Waals surface area contributed by atoms with Gasteiger partial charge >= 0.3 is 5.97 Å². The number of carbonyl (C=O) groups is 1. The average Bonchev–Trinajstić information content (AvgIpc) is 3.62. The van der Waals surface area contributed by atoms with Crippen LogP contribution in [0.25, 0.3) is 33.3 Å². The van der Waals surface area contributed by atoms with Gasteiger partial charge in [-0.25, -0.2) is 18.6 Å². The number of carboxylic acid groups (broad SMARTS) is 1. The summed E-state index contributed by atoms with van der Waals surface area (Å²) >= 11 is 0. The third-order valence-electron chi connectivity index (χ3n) is 9.79. The summed E-state index contributed by atoms with van der Waals surface area (Å²) in [6.45, 7) is 3.82. The second-order valence-electron chi connectivity index (χ2n) is 12.5. The molecule has 45 heavy (non-hydrogen) atoms. The Morgan fingerprint density at radius 2 is 1.93 bits per heavy atom. The van der Waals surface area contributed by atoms with E-state index < -0.39 is 23.0 Å². The normalized spacial score (nSPS) is 19.4. The van der Waals surface area contributed by atoms with Gasteiger partial charge in [0.05, 0.1) is 23.4 Å². The van der Waals surface area contributed by atoms with E-state index in [1.807, 2.05) is 0 Å². The first-order chi connectivity index (χ1) is 21.6. The zero-order valence-corrected chi connectivity index (χ0v) is 25.2. The number of piperidine rings is 1. The summed E-state index contributed by atoms with van der Waals surface area (Å²) in [7, 11) is 3.30. The van der Waals surface area contributed by atoms with Crippen LogP contribution in [0.15, 0.2) is 35.5 Å². The average molecular weight is 617 g/mol. The number of pyridine rings is 3. The van der Waals surface area contributed by atoms with Gasteiger partial charge in [0.2, 0.25) is 5.43 Å². The zero-order chi connectivity index (χ0) is 31.6. The number of carboxylic acids is 1. The number of β-amino-alcohol motifs (C(OH)–C–C–N with tert-alkyl or cyclic N) is 1. The van der Waals surface area contributed by atoms with E-state index in [1.165, 1.54) is 16.8 Å². The molecule has 2 fully saturated rings. The van der Waals surface area contributed by atoms with Crippen LogP contribution in [0.5, 0.6) is 0 Å². The number of hydrogen-bond acceptors (Lipinski definition) is 8. The van der Waals surface area contributed by atoms with Crippen LogP contribution in [-0.4, -0.2) is 82.0 Å². The molecular weight excluding hydrogens is 582 g/mol. The van der Waals surface area contributed by atoms with E-state index in [9.17, 15) is 19.8 Å². The minimum Gasteiger partial charge on any atom is -0.477 e. The van der Waals surface area contributed by atoms with Gasteiger partial charge in [0.1, 0.15) is 11.2 Å². The van der Waals surface area contributed by atoms with Crippen LogP contribution in [-0.2, 0) is 13.5 Å². The number of nitrogens with one attached hydrogen (secondary N) is 1. The minimum absolute atomic E-state index is 0.0349. The Morgan fingerprint density at radius 3 is 2.69 bits per heavy atom. The van der Waals surface area contributed by atoms with Crippen molar-refractivity contribution in [2.45, 2.75) is 25.7 Å². The lowest BCUT2D eigenvalue weighted by molar-refractivity contribution is 0.0694. The first-order valence-electron chi connectivity index (χ1n) is 15.2. The number of hydrogen-bond donors (Lipinski definition) is 3. The first-order valence-corrected chi connectivity index (χ1v) is 15.2. The molecule has 5 heterocycles. The summed E-state index contributed by atoms with van der Waals surface area (Å²) in [5, 5.41) is 22.4. The Bertz CT molecular complexity index is 1940. The number of nitrogens with zero attached hydrogens (tertiary/aromatic N) is 5. The highest BCUT2D eigenvalue weighted by Crippen LogP contribution is 2.52. The summed E-state index contributed by atoms with van der Waals surface area (Å²) in [4.78, 5) is 38.9. The molecule has 3 aliphatic rings. The van der Waals surface area contributed by atoms with Crippen molar-refractivity contribution in [3.05, 3.63) is 69.4 Å². The summed E-state index contributed by atoms with van der Waals surface area (Å²) < 4.78 is 32.4. The van der Waals surface area contributed by atoms with Crippen LogP contribution in [0.4, 0.5) is 20.2 Å². The molecule has 1 spiro atoms. The maximum absolute atomic E-state index is 15.8. The number of benzene rings is 1. The molecule has 1 aromatic carbocycles. The summed E-state index contributed by atoms with van der Waals surface area (Å²) in [5.74, 6) is -3.22. The molecule has 2 saturated heterocycles. The zero-order valence-electron chi connectivity index (χ0n) is 25.2. The lowest BCUT2D eigenvalue weighted by atomic mass is 9.79. The fourth-order valence-electron chi connectivity index (χ4n) is 7.74. The van der Waals surface area contributed by atoms with Crippen LogP contribution >= 0.6 is 0 Å². The first kappa shape index (κ1) is 29.3. The lowest BCUT2D eigenvalue weighted by Gasteiger charge is -2.40. The van der Waals surface area contributed by atoms with E-state index in [0.29, 0.717) is 71.0 Å². The van der Waals surface area contributed by atoms with Crippen molar-refractivity contribution >= 4 is 28.4 Å². The monoisotopic (exact) mass is 616 g/mol. The molecule has 0 saturated carbocycles. The number of aliphatic hydroxyl groups excluding tert-OH is 1. The van der Waals surface area contributed by atoms with E-state index >= 15 is 8.78 Å². The van der Waals surface area contributed by atoms with Crippen LogP contribution < -0.4 is 15.6 Å². The minimum atomic E-state index is -1.33. The van der Waals surface area contributed by atoms with Crippen molar-refractivity contribution in [3.8, 4) is 22.3 Å². The van der Waals surface area contributed by atoms with E-state index in [4.69, 9.17) is 4.98 Å². The largest absolute Gasteiger partial charge is 0.477 e. The smallest absolute Gasteiger partial charge is 0.341 e. The number of fused-ring (bicyclic) bond motifs is 4.